The van der Waals surface area contributed by atoms with E-state index in [1.165, 1.54) is 0 Å². The molecule has 5 heteroatoms. The highest BCUT2D eigenvalue weighted by atomic mass is 32.2. The molecule has 0 aromatic heterocycles. The van der Waals surface area contributed by atoms with Gasteiger partial charge in [0.2, 0.25) is 0 Å². The van der Waals surface area contributed by atoms with E-state index in [0.29, 0.717) is 18.6 Å². The van der Waals surface area contributed by atoms with Gasteiger partial charge in [0.1, 0.15) is 6.61 Å². The van der Waals surface area contributed by atoms with Gasteiger partial charge in [0, 0.05) is 35.1 Å². The molecule has 0 saturated heterocycles. The predicted octanol–water partition coefficient (Wildman–Crippen LogP) is 4.90. The van der Waals surface area contributed by atoms with Crippen LogP contribution in [0.15, 0.2) is 46.8 Å². The smallest absolute Gasteiger partial charge is 0.336 e. The Morgan fingerprint density at radius 2 is 1.97 bits per heavy atom. The first-order chi connectivity index (χ1) is 13.7. The number of ketones is 1. The standard InChI is InChI=1S/C24H31NO3S/c1-6-29-12-11-28-23(27)20-16(3)25-18-13-24(4,5)14-19(26)22(18)21(20)17-10-8-7-9-15(17)2/h7-10,21,25H,6,11-14H2,1-5H3/t21-/m1/s1. The molecule has 0 amide bonds. The Morgan fingerprint density at radius 1 is 1.24 bits per heavy atom. The number of aryl methyl sites for hydroxylation is 1. The van der Waals surface area contributed by atoms with E-state index in [0.717, 1.165) is 46.0 Å². The zero-order valence-electron chi connectivity index (χ0n) is 18.1. The SMILES string of the molecule is CCSCCOC(=O)C1=C(C)NC2=C(C(=O)CC(C)(C)C2)[C@@H]1c1ccccc1C. The molecule has 0 saturated carbocycles. The van der Waals surface area contributed by atoms with E-state index in [2.05, 4.69) is 26.1 Å². The van der Waals surface area contributed by atoms with Crippen LogP contribution in [0, 0.1) is 12.3 Å². The van der Waals surface area contributed by atoms with Crippen LogP contribution in [0.2, 0.25) is 0 Å². The summed E-state index contributed by atoms with van der Waals surface area (Å²) in [7, 11) is 0. The maximum atomic E-state index is 13.2. The largest absolute Gasteiger partial charge is 0.461 e. The topological polar surface area (TPSA) is 55.4 Å². The Bertz CT molecular complexity index is 882. The first-order valence-electron chi connectivity index (χ1n) is 10.3. The van der Waals surface area contributed by atoms with Crippen molar-refractivity contribution >= 4 is 23.5 Å². The van der Waals surface area contributed by atoms with E-state index in [9.17, 15) is 9.59 Å². The molecule has 1 aliphatic heterocycles. The van der Waals surface area contributed by atoms with Crippen molar-refractivity contribution in [2.75, 3.05) is 18.1 Å². The van der Waals surface area contributed by atoms with Gasteiger partial charge < -0.3 is 10.1 Å². The van der Waals surface area contributed by atoms with E-state index in [1.54, 1.807) is 11.8 Å². The summed E-state index contributed by atoms with van der Waals surface area (Å²) in [4.78, 5) is 26.3. The number of carbonyl (C=O) groups is 2. The summed E-state index contributed by atoms with van der Waals surface area (Å²) in [5, 5.41) is 3.39. The molecule has 2 aliphatic rings. The Kier molecular flexibility index (Phi) is 6.57. The zero-order chi connectivity index (χ0) is 21.2. The Morgan fingerprint density at radius 3 is 2.66 bits per heavy atom. The highest BCUT2D eigenvalue weighted by Crippen LogP contribution is 2.47. The van der Waals surface area contributed by atoms with Gasteiger partial charge in [-0.1, -0.05) is 45.0 Å². The lowest BCUT2D eigenvalue weighted by Crippen LogP contribution is -2.39. The fourth-order valence-corrected chi connectivity index (χ4v) is 4.83. The van der Waals surface area contributed by atoms with Crippen LogP contribution in [0.1, 0.15) is 57.6 Å². The quantitative estimate of drug-likeness (QED) is 0.531. The minimum Gasteiger partial charge on any atom is -0.461 e. The molecule has 0 unspecified atom stereocenters. The molecule has 3 rings (SSSR count). The fourth-order valence-electron chi connectivity index (χ4n) is 4.34. The van der Waals surface area contributed by atoms with Gasteiger partial charge in [0.05, 0.1) is 5.57 Å². The molecular formula is C24H31NO3S. The van der Waals surface area contributed by atoms with E-state index >= 15 is 0 Å². The van der Waals surface area contributed by atoms with Crippen molar-refractivity contribution in [3.8, 4) is 0 Å². The molecule has 29 heavy (non-hydrogen) atoms. The molecule has 156 valence electrons. The monoisotopic (exact) mass is 413 g/mol. The van der Waals surface area contributed by atoms with Gasteiger partial charge in [-0.25, -0.2) is 4.79 Å². The normalized spacial score (nSPS) is 21.0. The molecule has 1 aliphatic carbocycles. The number of nitrogens with one attached hydrogen (secondary N) is 1. The number of Topliss-reactive ketones (excluding diaryl/α,β-unsaturated/α-hetero) is 1. The third-order valence-electron chi connectivity index (χ3n) is 5.62. The van der Waals surface area contributed by atoms with Crippen LogP contribution in [-0.4, -0.2) is 29.9 Å². The number of allylic oxidation sites excluding steroid dienone is 3. The maximum absolute atomic E-state index is 13.2. The van der Waals surface area contributed by atoms with Crippen LogP contribution in [0.3, 0.4) is 0 Å². The van der Waals surface area contributed by atoms with E-state index in [4.69, 9.17) is 4.74 Å². The van der Waals surface area contributed by atoms with Gasteiger partial charge in [0.25, 0.3) is 0 Å². The summed E-state index contributed by atoms with van der Waals surface area (Å²) in [6.07, 6.45) is 1.29. The Balaban J connectivity index is 2.05. The molecule has 0 radical (unpaired) electrons. The second-order valence-electron chi connectivity index (χ2n) is 8.62. The van der Waals surface area contributed by atoms with Crippen molar-refractivity contribution < 1.29 is 14.3 Å². The molecule has 4 nitrogen and oxygen atoms in total. The number of dihydropyridines is 1. The van der Waals surface area contributed by atoms with Crippen molar-refractivity contribution in [3.63, 3.8) is 0 Å². The van der Waals surface area contributed by atoms with Crippen LogP contribution in [0.4, 0.5) is 0 Å². The summed E-state index contributed by atoms with van der Waals surface area (Å²) in [6.45, 7) is 10.6. The van der Waals surface area contributed by atoms with Crippen molar-refractivity contribution in [1.29, 1.82) is 0 Å². The fraction of sp³-hybridized carbons (Fsp3) is 0.500. The minimum absolute atomic E-state index is 0.0884. The van der Waals surface area contributed by atoms with Crippen LogP contribution in [0.5, 0.6) is 0 Å². The predicted molar refractivity (Wildman–Crippen MR) is 119 cm³/mol. The summed E-state index contributed by atoms with van der Waals surface area (Å²) in [5.74, 6) is 1.19. The average Bonchev–Trinajstić information content (AvgIpc) is 2.63. The Hall–Kier alpha value is -2.01. The van der Waals surface area contributed by atoms with Crippen molar-refractivity contribution in [3.05, 3.63) is 57.9 Å². The van der Waals surface area contributed by atoms with Crippen LogP contribution in [-0.2, 0) is 14.3 Å². The highest BCUT2D eigenvalue weighted by molar-refractivity contribution is 7.99. The van der Waals surface area contributed by atoms with Crippen molar-refractivity contribution in [1.82, 2.24) is 5.32 Å². The lowest BCUT2D eigenvalue weighted by molar-refractivity contribution is -0.138. The highest BCUT2D eigenvalue weighted by Gasteiger charge is 2.43. The first-order valence-corrected chi connectivity index (χ1v) is 11.4. The average molecular weight is 414 g/mol. The Labute approximate surface area is 178 Å². The molecule has 1 atom stereocenters. The third-order valence-corrected chi connectivity index (χ3v) is 6.49. The number of hydrogen-bond donors (Lipinski definition) is 1. The number of esters is 1. The van der Waals surface area contributed by atoms with E-state index < -0.39 is 0 Å². The van der Waals surface area contributed by atoms with Gasteiger partial charge in [-0.15, -0.1) is 0 Å². The molecule has 1 aromatic rings. The van der Waals surface area contributed by atoms with Crippen molar-refractivity contribution in [2.24, 2.45) is 5.41 Å². The van der Waals surface area contributed by atoms with Crippen molar-refractivity contribution in [2.45, 2.75) is 53.4 Å². The summed E-state index contributed by atoms with van der Waals surface area (Å²) < 4.78 is 5.61. The van der Waals surface area contributed by atoms with Gasteiger partial charge in [0.15, 0.2) is 5.78 Å². The van der Waals surface area contributed by atoms with Gasteiger partial charge >= 0.3 is 5.97 Å². The molecule has 1 heterocycles. The summed E-state index contributed by atoms with van der Waals surface area (Å²) in [5.41, 5.74) is 5.03. The molecule has 0 bridgehead atoms. The lowest BCUT2D eigenvalue weighted by atomic mass is 9.68. The molecule has 1 N–H and O–H groups in total. The van der Waals surface area contributed by atoms with E-state index in [1.807, 2.05) is 38.1 Å². The molecule has 1 aromatic carbocycles. The van der Waals surface area contributed by atoms with Gasteiger partial charge in [-0.3, -0.25) is 4.79 Å². The van der Waals surface area contributed by atoms with Gasteiger partial charge in [-0.2, -0.15) is 11.8 Å². The number of thioether (sulfide) groups is 1. The van der Waals surface area contributed by atoms with Crippen LogP contribution in [0.25, 0.3) is 0 Å². The second-order valence-corrected chi connectivity index (χ2v) is 10.0. The number of benzene rings is 1. The lowest BCUT2D eigenvalue weighted by Gasteiger charge is -2.39. The van der Waals surface area contributed by atoms with Gasteiger partial charge in [-0.05, 0) is 42.6 Å². The van der Waals surface area contributed by atoms with Crippen LogP contribution >= 0.6 is 11.8 Å². The van der Waals surface area contributed by atoms with Crippen LogP contribution < -0.4 is 5.32 Å². The minimum atomic E-state index is -0.373. The summed E-state index contributed by atoms with van der Waals surface area (Å²) in [6, 6.07) is 8.01. The number of carbonyl (C=O) groups excluding carboxylic acids is 2. The molecule has 0 spiro atoms. The zero-order valence-corrected chi connectivity index (χ0v) is 18.9. The summed E-state index contributed by atoms with van der Waals surface area (Å²) >= 11 is 1.74. The number of ether oxygens (including phenoxy) is 1. The van der Waals surface area contributed by atoms with E-state index in [-0.39, 0.29) is 23.1 Å². The number of rotatable bonds is 6. The second kappa shape index (κ2) is 8.78. The molecule has 0 fully saturated rings. The maximum Gasteiger partial charge on any atom is 0.336 e. The number of hydrogen-bond acceptors (Lipinski definition) is 5. The third kappa shape index (κ3) is 4.61. The first kappa shape index (κ1) is 21.7. The molecular weight excluding hydrogens is 382 g/mol.